The van der Waals surface area contributed by atoms with Crippen LogP contribution < -0.4 is 30.3 Å². The number of pyridine rings is 1. The van der Waals surface area contributed by atoms with Crippen LogP contribution in [0.5, 0.6) is 11.5 Å². The van der Waals surface area contributed by atoms with Crippen molar-refractivity contribution < 1.29 is 28.3 Å². The molecule has 0 saturated carbocycles. The predicted molar refractivity (Wildman–Crippen MR) is 169 cm³/mol. The summed E-state index contributed by atoms with van der Waals surface area (Å²) in [6, 6.07) is 21.9. The fraction of sp³-hybridized carbons (Fsp3) is 0.188. The molecular weight excluding hydrogens is 580 g/mol. The molecule has 0 bridgehead atoms. The Morgan fingerprint density at radius 3 is 2.64 bits per heavy atom. The van der Waals surface area contributed by atoms with E-state index in [1.165, 1.54) is 11.3 Å². The van der Waals surface area contributed by atoms with Crippen molar-refractivity contribution in [1.29, 1.82) is 0 Å². The Hall–Kier alpha value is -5.20. The first-order chi connectivity index (χ1) is 21.5. The van der Waals surface area contributed by atoms with Crippen LogP contribution in [-0.2, 0) is 4.74 Å². The fourth-order valence-electron chi connectivity index (χ4n) is 5.46. The summed E-state index contributed by atoms with van der Waals surface area (Å²) in [7, 11) is 3.22. The van der Waals surface area contributed by atoms with Crippen molar-refractivity contribution in [3.63, 3.8) is 0 Å². The van der Waals surface area contributed by atoms with E-state index >= 15 is 0 Å². The second-order valence-electron chi connectivity index (χ2n) is 10.2. The molecule has 1 aliphatic heterocycles. The van der Waals surface area contributed by atoms with Gasteiger partial charge in [0, 0.05) is 22.6 Å². The molecule has 0 unspecified atom stereocenters. The van der Waals surface area contributed by atoms with Crippen LogP contribution in [0.2, 0.25) is 0 Å². The predicted octanol–water partition coefficient (Wildman–Crippen LogP) is 4.88. The molecule has 1 saturated heterocycles. The molecule has 11 nitrogen and oxygen atoms in total. The molecule has 1 fully saturated rings. The average molecular weight is 610 g/mol. The van der Waals surface area contributed by atoms with Gasteiger partial charge in [0.2, 0.25) is 5.27 Å². The summed E-state index contributed by atoms with van der Waals surface area (Å²) >= 11 is 1.22. The standard InChI is InChI=1S/C32H28N6O5S/c1-40-20-10-11-23(26(16-20)41-2)24-17-25(22-9-5-7-19-6-3-4-8-21(19)22)34-32-28(24)29(33)30(44-32)31(39)35-27-18-38(36-43-27)37-12-14-42-15-13-37/h3-11,16-18H,12-15H2,1-2H3,(H2-,33,35,36,39)/p+1. The highest BCUT2D eigenvalue weighted by Crippen LogP contribution is 2.45. The van der Waals surface area contributed by atoms with Gasteiger partial charge in [-0.1, -0.05) is 42.5 Å². The van der Waals surface area contributed by atoms with Crippen LogP contribution in [0, 0.1) is 0 Å². The van der Waals surface area contributed by atoms with E-state index < -0.39 is 5.91 Å². The number of nitrogens with one attached hydrogen (secondary N) is 1. The molecule has 0 radical (unpaired) electrons. The van der Waals surface area contributed by atoms with Gasteiger partial charge in [-0.3, -0.25) is 14.6 Å². The topological polar surface area (TPSA) is 129 Å². The van der Waals surface area contributed by atoms with E-state index in [4.69, 9.17) is 29.5 Å². The number of benzene rings is 3. The van der Waals surface area contributed by atoms with Crippen molar-refractivity contribution >= 4 is 49.8 Å². The van der Waals surface area contributed by atoms with Crippen molar-refractivity contribution in [2.24, 2.45) is 0 Å². The highest BCUT2D eigenvalue weighted by Gasteiger charge is 2.27. The Bertz CT molecular complexity index is 2010. The second-order valence-corrected chi connectivity index (χ2v) is 11.2. The molecule has 0 atom stereocenters. The highest BCUT2D eigenvalue weighted by atomic mass is 32.1. The Kier molecular flexibility index (Phi) is 7.20. The minimum atomic E-state index is -0.421. The lowest BCUT2D eigenvalue weighted by atomic mass is 9.96. The van der Waals surface area contributed by atoms with Gasteiger partial charge >= 0.3 is 5.88 Å². The van der Waals surface area contributed by atoms with Gasteiger partial charge in [-0.15, -0.1) is 16.3 Å². The van der Waals surface area contributed by atoms with Crippen LogP contribution in [-0.4, -0.2) is 56.7 Å². The summed E-state index contributed by atoms with van der Waals surface area (Å²) in [5, 5.41) is 11.6. The minimum absolute atomic E-state index is 0.194. The van der Waals surface area contributed by atoms with Crippen molar-refractivity contribution in [2.45, 2.75) is 0 Å². The van der Waals surface area contributed by atoms with Crippen LogP contribution in [0.25, 0.3) is 43.4 Å². The Balaban J connectivity index is 1.35. The number of rotatable bonds is 7. The van der Waals surface area contributed by atoms with E-state index in [9.17, 15) is 4.79 Å². The third-order valence-corrected chi connectivity index (χ3v) is 8.74. The summed E-state index contributed by atoms with van der Waals surface area (Å²) in [5.74, 6) is 1.03. The number of hydrogen-bond donors (Lipinski definition) is 2. The maximum Gasteiger partial charge on any atom is 0.306 e. The first kappa shape index (κ1) is 27.6. The number of carbonyl (C=O) groups is 1. The maximum absolute atomic E-state index is 13.6. The number of carbonyl (C=O) groups excluding carboxylic acids is 1. The number of morpholine rings is 1. The van der Waals surface area contributed by atoms with Crippen LogP contribution >= 0.6 is 11.3 Å². The molecule has 1 amide bonds. The van der Waals surface area contributed by atoms with Crippen molar-refractivity contribution in [3.05, 3.63) is 77.8 Å². The van der Waals surface area contributed by atoms with Gasteiger partial charge in [0.15, 0.2) is 0 Å². The summed E-state index contributed by atoms with van der Waals surface area (Å²) in [6.07, 6.45) is 1.62. The largest absolute Gasteiger partial charge is 0.497 e. The molecule has 0 aliphatic carbocycles. The van der Waals surface area contributed by atoms with Crippen LogP contribution in [0.4, 0.5) is 11.6 Å². The summed E-state index contributed by atoms with van der Waals surface area (Å²) in [5.41, 5.74) is 10.4. The number of nitrogens with zero attached hydrogens (tertiary/aromatic N) is 4. The summed E-state index contributed by atoms with van der Waals surface area (Å²) in [4.78, 5) is 21.1. The first-order valence-electron chi connectivity index (χ1n) is 14.0. The maximum atomic E-state index is 13.6. The van der Waals surface area contributed by atoms with Crippen molar-refractivity contribution in [2.75, 3.05) is 56.6 Å². The molecule has 6 aromatic rings. The molecule has 4 heterocycles. The lowest BCUT2D eigenvalue weighted by Gasteiger charge is -2.18. The second kappa shape index (κ2) is 11.5. The number of fused-ring (bicyclic) bond motifs is 2. The van der Waals surface area contributed by atoms with Gasteiger partial charge in [0.05, 0.1) is 56.7 Å². The molecule has 3 aromatic heterocycles. The van der Waals surface area contributed by atoms with E-state index in [0.717, 1.165) is 33.2 Å². The molecule has 12 heteroatoms. The van der Waals surface area contributed by atoms with Gasteiger partial charge in [-0.2, -0.15) is 0 Å². The van der Waals surface area contributed by atoms with E-state index in [-0.39, 0.29) is 5.88 Å². The zero-order chi connectivity index (χ0) is 30.2. The number of thiophene rings is 1. The van der Waals surface area contributed by atoms with Crippen LogP contribution in [0.15, 0.2) is 77.4 Å². The zero-order valence-corrected chi connectivity index (χ0v) is 24.9. The van der Waals surface area contributed by atoms with Crippen molar-refractivity contribution in [3.8, 4) is 33.9 Å². The Morgan fingerprint density at radius 2 is 1.82 bits per heavy atom. The minimum Gasteiger partial charge on any atom is -0.497 e. The lowest BCUT2D eigenvalue weighted by molar-refractivity contribution is -0.759. The molecule has 44 heavy (non-hydrogen) atoms. The number of nitrogens with two attached hydrogens (primary N) is 1. The van der Waals surface area contributed by atoms with Crippen LogP contribution in [0.1, 0.15) is 9.67 Å². The molecule has 222 valence electrons. The molecular formula is C32H29N6O5S+. The van der Waals surface area contributed by atoms with E-state index in [2.05, 4.69) is 28.8 Å². The monoisotopic (exact) mass is 609 g/mol. The number of ether oxygens (including phenoxy) is 3. The van der Waals surface area contributed by atoms with Gasteiger partial charge in [0.25, 0.3) is 12.1 Å². The van der Waals surface area contributed by atoms with E-state index in [1.807, 2.05) is 53.5 Å². The normalized spacial score (nSPS) is 13.4. The molecule has 3 aromatic carbocycles. The Labute approximate surface area is 256 Å². The van der Waals surface area contributed by atoms with Crippen molar-refractivity contribution in [1.82, 2.24) is 10.3 Å². The number of aromatic nitrogens is 3. The molecule has 7 rings (SSSR count). The van der Waals surface area contributed by atoms with Gasteiger partial charge in [-0.25, -0.2) is 4.98 Å². The van der Waals surface area contributed by atoms with E-state index in [0.29, 0.717) is 58.6 Å². The molecule has 3 N–H and O–H groups in total. The van der Waals surface area contributed by atoms with E-state index in [1.54, 1.807) is 25.2 Å². The number of nitrogen functional groups attached to an aromatic ring is 1. The molecule has 1 aliphatic rings. The lowest BCUT2D eigenvalue weighted by Crippen LogP contribution is -2.62. The first-order valence-corrected chi connectivity index (χ1v) is 14.8. The quantitative estimate of drug-likeness (QED) is 0.243. The zero-order valence-electron chi connectivity index (χ0n) is 24.1. The van der Waals surface area contributed by atoms with Gasteiger partial charge in [0.1, 0.15) is 21.2 Å². The average Bonchev–Trinajstić information content (AvgIpc) is 3.68. The highest BCUT2D eigenvalue weighted by molar-refractivity contribution is 7.21. The fourth-order valence-corrected chi connectivity index (χ4v) is 6.48. The summed E-state index contributed by atoms with van der Waals surface area (Å²) in [6.45, 7) is 2.51. The number of hydrogen-bond acceptors (Lipinski definition) is 10. The summed E-state index contributed by atoms with van der Waals surface area (Å²) < 4.78 is 22.0. The smallest absolute Gasteiger partial charge is 0.306 e. The number of anilines is 2. The third-order valence-electron chi connectivity index (χ3n) is 7.64. The number of amides is 1. The van der Waals surface area contributed by atoms with Crippen LogP contribution in [0.3, 0.4) is 0 Å². The third kappa shape index (κ3) is 4.93. The van der Waals surface area contributed by atoms with Gasteiger partial charge in [-0.05, 0) is 34.5 Å². The SMILES string of the molecule is COc1ccc(-c2cc(-c3cccc4ccccc34)nc3sc(C(=O)Nc4c[n+](N5CCOCC5)no4)c(N)c23)c(OC)c1. The van der Waals surface area contributed by atoms with Gasteiger partial charge < -0.3 is 19.9 Å². The molecule has 0 spiro atoms. The Morgan fingerprint density at radius 1 is 1.00 bits per heavy atom. The number of methoxy groups -OCH3 is 2.